The molecule has 146 valence electrons. The maximum atomic E-state index is 13.6. The minimum Gasteiger partial charge on any atom is -0.438 e. The average Bonchev–Trinajstić information content (AvgIpc) is 2.70. The van der Waals surface area contributed by atoms with Gasteiger partial charge in [0, 0.05) is 5.69 Å². The highest BCUT2D eigenvalue weighted by Crippen LogP contribution is 2.28. The second kappa shape index (κ2) is 7.48. The Bertz CT molecular complexity index is 1280. The molecular formula is C21H16FN3O3S. The number of aryl methyl sites for hydroxylation is 1. The van der Waals surface area contributed by atoms with Crippen LogP contribution in [0.25, 0.3) is 10.9 Å². The lowest BCUT2D eigenvalue weighted by molar-refractivity contribution is 0.468. The summed E-state index contributed by atoms with van der Waals surface area (Å²) in [6, 6.07) is 17.1. The van der Waals surface area contributed by atoms with Crippen LogP contribution < -0.4 is 9.46 Å². The van der Waals surface area contributed by atoms with E-state index in [1.165, 1.54) is 18.5 Å². The van der Waals surface area contributed by atoms with Crippen LogP contribution in [0.5, 0.6) is 11.6 Å². The lowest BCUT2D eigenvalue weighted by atomic mass is 10.2. The summed E-state index contributed by atoms with van der Waals surface area (Å²) >= 11 is 0. The molecule has 4 rings (SSSR count). The van der Waals surface area contributed by atoms with Crippen molar-refractivity contribution in [2.24, 2.45) is 0 Å². The molecule has 0 aliphatic rings. The summed E-state index contributed by atoms with van der Waals surface area (Å²) in [5.74, 6) is 0.216. The third kappa shape index (κ3) is 4.17. The maximum absolute atomic E-state index is 13.6. The third-order valence-corrected chi connectivity index (χ3v) is 5.61. The molecule has 0 aliphatic heterocycles. The third-order valence-electron chi connectivity index (χ3n) is 4.21. The number of hydrogen-bond acceptors (Lipinski definition) is 5. The van der Waals surface area contributed by atoms with E-state index in [1.54, 1.807) is 54.6 Å². The van der Waals surface area contributed by atoms with Crippen molar-refractivity contribution in [3.63, 3.8) is 0 Å². The molecule has 0 spiro atoms. The van der Waals surface area contributed by atoms with Gasteiger partial charge < -0.3 is 4.74 Å². The van der Waals surface area contributed by atoms with Gasteiger partial charge in [-0.05, 0) is 61.5 Å². The standard InChI is InChI=1S/C21H16FN3O3S/c1-14-2-9-18(10-3-14)29(26,27)25-16-5-7-17(8-6-16)28-21-19-12-15(22)4-11-20(19)23-13-24-21/h2-13,25H,1H3. The Balaban J connectivity index is 1.54. The number of ether oxygens (including phenoxy) is 1. The SMILES string of the molecule is Cc1ccc(S(=O)(=O)Nc2ccc(Oc3ncnc4ccc(F)cc34)cc2)cc1. The van der Waals surface area contributed by atoms with Crippen LogP contribution in [-0.2, 0) is 10.0 Å². The summed E-state index contributed by atoms with van der Waals surface area (Å²) < 4.78 is 46.8. The highest BCUT2D eigenvalue weighted by atomic mass is 32.2. The molecule has 4 aromatic rings. The number of sulfonamides is 1. The molecule has 0 saturated carbocycles. The predicted octanol–water partition coefficient (Wildman–Crippen LogP) is 4.67. The lowest BCUT2D eigenvalue weighted by Crippen LogP contribution is -2.12. The minimum absolute atomic E-state index is 0.179. The number of aromatic nitrogens is 2. The van der Waals surface area contributed by atoms with E-state index in [0.717, 1.165) is 5.56 Å². The van der Waals surface area contributed by atoms with E-state index in [-0.39, 0.29) is 10.8 Å². The van der Waals surface area contributed by atoms with Gasteiger partial charge in [-0.15, -0.1) is 0 Å². The number of halogens is 1. The molecule has 0 atom stereocenters. The minimum atomic E-state index is -3.69. The molecule has 1 N–H and O–H groups in total. The van der Waals surface area contributed by atoms with Crippen LogP contribution >= 0.6 is 0 Å². The first-order valence-electron chi connectivity index (χ1n) is 8.68. The monoisotopic (exact) mass is 409 g/mol. The van der Waals surface area contributed by atoms with E-state index in [0.29, 0.717) is 22.3 Å². The highest BCUT2D eigenvalue weighted by molar-refractivity contribution is 7.92. The van der Waals surface area contributed by atoms with E-state index in [4.69, 9.17) is 4.74 Å². The van der Waals surface area contributed by atoms with Crippen molar-refractivity contribution in [2.75, 3.05) is 4.72 Å². The zero-order valence-corrected chi connectivity index (χ0v) is 16.2. The predicted molar refractivity (Wildman–Crippen MR) is 108 cm³/mol. The Morgan fingerprint density at radius 3 is 2.38 bits per heavy atom. The summed E-state index contributed by atoms with van der Waals surface area (Å²) in [5, 5.41) is 0.441. The van der Waals surface area contributed by atoms with Crippen molar-refractivity contribution >= 4 is 26.6 Å². The Labute approximate surface area is 167 Å². The number of fused-ring (bicyclic) bond motifs is 1. The molecular weight excluding hydrogens is 393 g/mol. The van der Waals surface area contributed by atoms with Crippen molar-refractivity contribution in [3.8, 4) is 11.6 Å². The molecule has 0 fully saturated rings. The van der Waals surface area contributed by atoms with Crippen molar-refractivity contribution in [3.05, 3.63) is 84.4 Å². The van der Waals surface area contributed by atoms with Gasteiger partial charge in [0.2, 0.25) is 5.88 Å². The summed E-state index contributed by atoms with van der Waals surface area (Å²) in [6.07, 6.45) is 1.33. The molecule has 0 unspecified atom stereocenters. The van der Waals surface area contributed by atoms with Crippen molar-refractivity contribution < 1.29 is 17.5 Å². The fourth-order valence-electron chi connectivity index (χ4n) is 2.72. The molecule has 8 heteroatoms. The van der Waals surface area contributed by atoms with Crippen LogP contribution in [0.2, 0.25) is 0 Å². The topological polar surface area (TPSA) is 81.2 Å². The molecule has 6 nitrogen and oxygen atoms in total. The zero-order valence-electron chi connectivity index (χ0n) is 15.3. The summed E-state index contributed by atoms with van der Waals surface area (Å²) in [5.41, 5.74) is 1.91. The summed E-state index contributed by atoms with van der Waals surface area (Å²) in [7, 11) is -3.69. The van der Waals surface area contributed by atoms with Gasteiger partial charge in [-0.2, -0.15) is 0 Å². The molecule has 1 aromatic heterocycles. The van der Waals surface area contributed by atoms with Crippen LogP contribution in [0.15, 0.2) is 78.0 Å². The quantitative estimate of drug-likeness (QED) is 0.518. The van der Waals surface area contributed by atoms with Crippen molar-refractivity contribution in [2.45, 2.75) is 11.8 Å². The first kappa shape index (κ1) is 18.8. The molecule has 0 bridgehead atoms. The summed E-state index contributed by atoms with van der Waals surface area (Å²) in [6.45, 7) is 1.89. The fourth-order valence-corrected chi connectivity index (χ4v) is 3.78. The van der Waals surface area contributed by atoms with Crippen LogP contribution in [-0.4, -0.2) is 18.4 Å². The van der Waals surface area contributed by atoms with Crippen molar-refractivity contribution in [1.82, 2.24) is 9.97 Å². The van der Waals surface area contributed by atoms with E-state index in [2.05, 4.69) is 14.7 Å². The van der Waals surface area contributed by atoms with Crippen LogP contribution in [0.4, 0.5) is 10.1 Å². The normalized spacial score (nSPS) is 11.4. The number of rotatable bonds is 5. The van der Waals surface area contributed by atoms with Gasteiger partial charge in [0.25, 0.3) is 10.0 Å². The number of nitrogens with zero attached hydrogens (tertiary/aromatic N) is 2. The molecule has 0 aliphatic carbocycles. The van der Waals surface area contributed by atoms with Crippen molar-refractivity contribution in [1.29, 1.82) is 0 Å². The Hall–Kier alpha value is -3.52. The van der Waals surface area contributed by atoms with E-state index >= 15 is 0 Å². The van der Waals surface area contributed by atoms with Crippen LogP contribution in [0.1, 0.15) is 5.56 Å². The van der Waals surface area contributed by atoms with E-state index in [9.17, 15) is 12.8 Å². The van der Waals surface area contributed by atoms with Crippen LogP contribution in [0.3, 0.4) is 0 Å². The summed E-state index contributed by atoms with van der Waals surface area (Å²) in [4.78, 5) is 8.32. The number of benzene rings is 3. The molecule has 0 amide bonds. The molecule has 29 heavy (non-hydrogen) atoms. The number of anilines is 1. The first-order valence-corrected chi connectivity index (χ1v) is 10.2. The molecule has 0 saturated heterocycles. The van der Waals surface area contributed by atoms with Gasteiger partial charge in [0.15, 0.2) is 0 Å². The van der Waals surface area contributed by atoms with Gasteiger partial charge in [-0.3, -0.25) is 4.72 Å². The van der Waals surface area contributed by atoms with Gasteiger partial charge in [-0.25, -0.2) is 22.8 Å². The lowest BCUT2D eigenvalue weighted by Gasteiger charge is -2.10. The van der Waals surface area contributed by atoms with Gasteiger partial charge in [-0.1, -0.05) is 17.7 Å². The van der Waals surface area contributed by atoms with E-state index < -0.39 is 15.8 Å². The average molecular weight is 409 g/mol. The molecule has 1 heterocycles. The smallest absolute Gasteiger partial charge is 0.261 e. The van der Waals surface area contributed by atoms with Crippen LogP contribution in [0, 0.1) is 12.7 Å². The fraction of sp³-hybridized carbons (Fsp3) is 0.0476. The van der Waals surface area contributed by atoms with Gasteiger partial charge >= 0.3 is 0 Å². The number of nitrogens with one attached hydrogen (secondary N) is 1. The van der Waals surface area contributed by atoms with Gasteiger partial charge in [0.05, 0.1) is 15.8 Å². The molecule has 0 radical (unpaired) electrons. The zero-order chi connectivity index (χ0) is 20.4. The first-order chi connectivity index (χ1) is 13.9. The van der Waals surface area contributed by atoms with Gasteiger partial charge in [0.1, 0.15) is 17.9 Å². The Morgan fingerprint density at radius 1 is 0.931 bits per heavy atom. The maximum Gasteiger partial charge on any atom is 0.261 e. The Kier molecular flexibility index (Phi) is 4.85. The molecule has 3 aromatic carbocycles. The highest BCUT2D eigenvalue weighted by Gasteiger charge is 2.14. The second-order valence-corrected chi connectivity index (χ2v) is 8.07. The largest absolute Gasteiger partial charge is 0.438 e. The van der Waals surface area contributed by atoms with E-state index in [1.807, 2.05) is 6.92 Å². The number of hydrogen-bond donors (Lipinski definition) is 1. The Morgan fingerprint density at radius 2 is 1.66 bits per heavy atom. The second-order valence-electron chi connectivity index (χ2n) is 6.39.